The standard InChI is InChI=1S/C17H10Cl3F3N4/c18-16(19,20)15-24-12-7-2-1-6-11(12)14-25-13(26-27(14)15)9-4-3-5-10(8-9)17(21,22)23/h1-8,15,24H/t15-/m1/s1. The molecule has 0 unspecified atom stereocenters. The Hall–Kier alpha value is -1.96. The molecule has 10 heteroatoms. The lowest BCUT2D eigenvalue weighted by Gasteiger charge is -2.32. The van der Waals surface area contributed by atoms with Crippen LogP contribution in [0.25, 0.3) is 22.8 Å². The van der Waals surface area contributed by atoms with E-state index in [0.717, 1.165) is 12.1 Å². The molecule has 27 heavy (non-hydrogen) atoms. The molecule has 1 atom stereocenters. The van der Waals surface area contributed by atoms with Gasteiger partial charge in [-0.25, -0.2) is 9.67 Å². The van der Waals surface area contributed by atoms with Gasteiger partial charge in [-0.3, -0.25) is 0 Å². The van der Waals surface area contributed by atoms with Crippen LogP contribution in [0, 0.1) is 0 Å². The lowest BCUT2D eigenvalue weighted by atomic mass is 10.1. The molecule has 1 N–H and O–H groups in total. The summed E-state index contributed by atoms with van der Waals surface area (Å²) in [7, 11) is 0. The fraction of sp³-hybridized carbons (Fsp3) is 0.176. The first-order chi connectivity index (χ1) is 12.6. The normalized spacial score (nSPS) is 16.4. The lowest BCUT2D eigenvalue weighted by molar-refractivity contribution is -0.137. The number of aromatic nitrogens is 3. The van der Waals surface area contributed by atoms with Crippen molar-refractivity contribution in [1.82, 2.24) is 14.8 Å². The number of hydrogen-bond donors (Lipinski definition) is 1. The van der Waals surface area contributed by atoms with Crippen molar-refractivity contribution in [2.45, 2.75) is 16.1 Å². The number of hydrogen-bond acceptors (Lipinski definition) is 3. The van der Waals surface area contributed by atoms with Crippen LogP contribution in [0.15, 0.2) is 48.5 Å². The van der Waals surface area contributed by atoms with Crippen molar-refractivity contribution in [3.63, 3.8) is 0 Å². The van der Waals surface area contributed by atoms with Crippen molar-refractivity contribution < 1.29 is 13.2 Å². The molecule has 1 aromatic heterocycles. The van der Waals surface area contributed by atoms with E-state index in [1.165, 1.54) is 16.8 Å². The second kappa shape index (κ2) is 6.29. The maximum absolute atomic E-state index is 13.0. The van der Waals surface area contributed by atoms with Crippen LogP contribution in [0.2, 0.25) is 0 Å². The highest BCUT2D eigenvalue weighted by molar-refractivity contribution is 6.68. The Morgan fingerprint density at radius 3 is 2.44 bits per heavy atom. The minimum atomic E-state index is -4.47. The van der Waals surface area contributed by atoms with Crippen LogP contribution in [-0.2, 0) is 6.18 Å². The van der Waals surface area contributed by atoms with Gasteiger partial charge in [0.15, 0.2) is 17.8 Å². The molecule has 0 fully saturated rings. The van der Waals surface area contributed by atoms with Crippen molar-refractivity contribution in [3.8, 4) is 22.8 Å². The highest BCUT2D eigenvalue weighted by atomic mass is 35.6. The summed E-state index contributed by atoms with van der Waals surface area (Å²) in [5, 5.41) is 7.39. The number of nitrogens with zero attached hydrogens (tertiary/aromatic N) is 3. The molecule has 0 saturated heterocycles. The minimum absolute atomic E-state index is 0.105. The van der Waals surface area contributed by atoms with Gasteiger partial charge in [-0.2, -0.15) is 13.2 Å². The molecule has 0 saturated carbocycles. The van der Waals surface area contributed by atoms with Gasteiger partial charge in [-0.05, 0) is 24.3 Å². The number of fused-ring (bicyclic) bond motifs is 3. The van der Waals surface area contributed by atoms with Gasteiger partial charge in [0.25, 0.3) is 0 Å². The molecule has 0 bridgehead atoms. The molecule has 2 heterocycles. The van der Waals surface area contributed by atoms with Crippen molar-refractivity contribution in [3.05, 3.63) is 54.1 Å². The van der Waals surface area contributed by atoms with Crippen LogP contribution in [-0.4, -0.2) is 18.6 Å². The van der Waals surface area contributed by atoms with E-state index in [2.05, 4.69) is 15.4 Å². The van der Waals surface area contributed by atoms with Crippen LogP contribution in [0.4, 0.5) is 18.9 Å². The third kappa shape index (κ3) is 3.35. The largest absolute Gasteiger partial charge is 0.416 e. The number of para-hydroxylation sites is 1. The smallest absolute Gasteiger partial charge is 0.360 e. The Balaban J connectivity index is 1.88. The van der Waals surface area contributed by atoms with Crippen molar-refractivity contribution >= 4 is 40.5 Å². The first-order valence-electron chi connectivity index (χ1n) is 7.71. The molecule has 4 rings (SSSR count). The molecule has 1 aliphatic heterocycles. The van der Waals surface area contributed by atoms with E-state index >= 15 is 0 Å². The van der Waals surface area contributed by atoms with Crippen molar-refractivity contribution in [2.24, 2.45) is 0 Å². The second-order valence-electron chi connectivity index (χ2n) is 5.92. The number of halogens is 6. The van der Waals surface area contributed by atoms with E-state index < -0.39 is 21.7 Å². The zero-order chi connectivity index (χ0) is 19.4. The summed E-state index contributed by atoms with van der Waals surface area (Å²) in [6.07, 6.45) is -5.34. The third-order valence-corrected chi connectivity index (χ3v) is 4.71. The van der Waals surface area contributed by atoms with Gasteiger partial charge in [0.2, 0.25) is 3.79 Å². The zero-order valence-corrected chi connectivity index (χ0v) is 15.6. The SMILES string of the molecule is FC(F)(F)c1cccc(-c2nc3n(n2)[C@H](C(Cl)(Cl)Cl)Nc2ccccc2-3)c1. The number of anilines is 1. The Morgan fingerprint density at radius 2 is 1.74 bits per heavy atom. The van der Waals surface area contributed by atoms with E-state index in [0.29, 0.717) is 17.1 Å². The Labute approximate surface area is 166 Å². The third-order valence-electron chi connectivity index (χ3n) is 4.09. The molecule has 2 aromatic carbocycles. The average Bonchev–Trinajstić information content (AvgIpc) is 3.05. The zero-order valence-electron chi connectivity index (χ0n) is 13.3. The van der Waals surface area contributed by atoms with E-state index in [9.17, 15) is 13.2 Å². The predicted molar refractivity (Wildman–Crippen MR) is 98.8 cm³/mol. The Bertz CT molecular complexity index is 1010. The van der Waals surface area contributed by atoms with Crippen molar-refractivity contribution in [1.29, 1.82) is 0 Å². The predicted octanol–water partition coefficient (Wildman–Crippen LogP) is 5.93. The number of nitrogens with one attached hydrogen (secondary N) is 1. The van der Waals surface area contributed by atoms with Crippen LogP contribution in [0.3, 0.4) is 0 Å². The number of benzene rings is 2. The summed E-state index contributed by atoms with van der Waals surface area (Å²) in [5.74, 6) is 0.502. The first-order valence-corrected chi connectivity index (χ1v) is 8.85. The molecule has 0 radical (unpaired) electrons. The number of rotatable bonds is 1. The van der Waals surface area contributed by atoms with E-state index in [4.69, 9.17) is 34.8 Å². The van der Waals surface area contributed by atoms with E-state index in [-0.39, 0.29) is 11.4 Å². The van der Waals surface area contributed by atoms with E-state index in [1.807, 2.05) is 0 Å². The molecule has 4 nitrogen and oxygen atoms in total. The maximum atomic E-state index is 13.0. The quantitative estimate of drug-likeness (QED) is 0.484. The monoisotopic (exact) mass is 432 g/mol. The average molecular weight is 434 g/mol. The second-order valence-corrected chi connectivity index (χ2v) is 8.29. The molecular weight excluding hydrogens is 424 g/mol. The van der Waals surface area contributed by atoms with Crippen LogP contribution < -0.4 is 5.32 Å². The highest BCUT2D eigenvalue weighted by Crippen LogP contribution is 2.45. The van der Waals surface area contributed by atoms with E-state index in [1.54, 1.807) is 24.3 Å². The van der Waals surface area contributed by atoms with Gasteiger partial charge < -0.3 is 5.32 Å². The van der Waals surface area contributed by atoms with Crippen LogP contribution >= 0.6 is 34.8 Å². The van der Waals surface area contributed by atoms with Gasteiger partial charge >= 0.3 is 6.18 Å². The highest BCUT2D eigenvalue weighted by Gasteiger charge is 2.40. The molecule has 0 amide bonds. The molecule has 1 aliphatic rings. The van der Waals surface area contributed by atoms with Crippen molar-refractivity contribution in [2.75, 3.05) is 5.32 Å². The fourth-order valence-corrected chi connectivity index (χ4v) is 3.32. The molecule has 0 spiro atoms. The van der Waals surface area contributed by atoms with Crippen LogP contribution in [0.5, 0.6) is 0 Å². The van der Waals surface area contributed by atoms with Crippen LogP contribution in [0.1, 0.15) is 11.7 Å². The Morgan fingerprint density at radius 1 is 1.00 bits per heavy atom. The summed E-state index contributed by atoms with van der Waals surface area (Å²) >= 11 is 18.2. The van der Waals surface area contributed by atoms with Gasteiger partial charge in [0.1, 0.15) is 0 Å². The summed E-state index contributed by atoms with van der Waals surface area (Å²) in [4.78, 5) is 4.42. The molecule has 3 aromatic rings. The summed E-state index contributed by atoms with van der Waals surface area (Å²) in [6, 6.07) is 12.0. The summed E-state index contributed by atoms with van der Waals surface area (Å²) in [5.41, 5.74) is 0.814. The number of alkyl halides is 6. The first kappa shape index (κ1) is 18.4. The van der Waals surface area contributed by atoms with Gasteiger partial charge in [-0.1, -0.05) is 59.1 Å². The Kier molecular flexibility index (Phi) is 4.29. The minimum Gasteiger partial charge on any atom is -0.360 e. The maximum Gasteiger partial charge on any atom is 0.416 e. The van der Waals surface area contributed by atoms with Gasteiger partial charge in [0.05, 0.1) is 5.56 Å². The van der Waals surface area contributed by atoms with Gasteiger partial charge in [-0.15, -0.1) is 5.10 Å². The molecular formula is C17H10Cl3F3N4. The summed E-state index contributed by atoms with van der Waals surface area (Å²) < 4.78 is 38.7. The fourth-order valence-electron chi connectivity index (χ4n) is 2.88. The molecule has 140 valence electrons. The summed E-state index contributed by atoms with van der Waals surface area (Å²) in [6.45, 7) is 0. The molecule has 0 aliphatic carbocycles. The lowest BCUT2D eigenvalue weighted by Crippen LogP contribution is -2.34. The van der Waals surface area contributed by atoms with Gasteiger partial charge in [0, 0.05) is 16.8 Å². The topological polar surface area (TPSA) is 42.7 Å².